The number of hydrogen-bond donors (Lipinski definition) is 1. The zero-order chi connectivity index (χ0) is 10.8. The van der Waals surface area contributed by atoms with Gasteiger partial charge >= 0.3 is 0 Å². The third-order valence-electron chi connectivity index (χ3n) is 1.76. The zero-order valence-corrected chi connectivity index (χ0v) is 8.81. The van der Waals surface area contributed by atoms with Crippen molar-refractivity contribution in [3.8, 4) is 0 Å². The summed E-state index contributed by atoms with van der Waals surface area (Å²) in [7, 11) is -3.23. The lowest BCUT2D eigenvalue weighted by Crippen LogP contribution is -2.25. The van der Waals surface area contributed by atoms with Crippen molar-refractivity contribution in [2.24, 2.45) is 0 Å². The molecule has 3 nitrogen and oxygen atoms in total. The quantitative estimate of drug-likeness (QED) is 0.832. The Balaban J connectivity index is 2.80. The molecule has 0 aliphatic rings. The van der Waals surface area contributed by atoms with Gasteiger partial charge in [-0.3, -0.25) is 0 Å². The van der Waals surface area contributed by atoms with Crippen LogP contribution in [-0.2, 0) is 10.0 Å². The molecule has 0 fully saturated rings. The lowest BCUT2D eigenvalue weighted by atomic mass is 10.1. The first kappa shape index (κ1) is 11.1. The van der Waals surface area contributed by atoms with Gasteiger partial charge in [-0.1, -0.05) is 12.1 Å². The van der Waals surface area contributed by atoms with Crippen LogP contribution in [0.4, 0.5) is 4.39 Å². The largest absolute Gasteiger partial charge is 0.213 e. The van der Waals surface area contributed by atoms with Crippen molar-refractivity contribution in [2.75, 3.05) is 6.26 Å². The summed E-state index contributed by atoms with van der Waals surface area (Å²) in [4.78, 5) is 0. The van der Waals surface area contributed by atoms with Crippen LogP contribution in [0.25, 0.3) is 0 Å². The Kier molecular flexibility index (Phi) is 3.23. The summed E-state index contributed by atoms with van der Waals surface area (Å²) in [5.74, 6) is -0.333. The standard InChI is InChI=1S/C9H12FNO2S/c1-7(11-14(2,12)13)8-3-5-9(10)6-4-8/h3-7,11H,1-2H3/t7-/m1/s1. The highest BCUT2D eigenvalue weighted by Crippen LogP contribution is 2.13. The Morgan fingerprint density at radius 1 is 1.29 bits per heavy atom. The number of benzene rings is 1. The molecule has 0 aromatic heterocycles. The molecule has 78 valence electrons. The maximum atomic E-state index is 12.5. The number of sulfonamides is 1. The molecule has 1 rings (SSSR count). The zero-order valence-electron chi connectivity index (χ0n) is 7.99. The number of nitrogens with one attached hydrogen (secondary N) is 1. The molecule has 0 aliphatic heterocycles. The van der Waals surface area contributed by atoms with E-state index < -0.39 is 10.0 Å². The molecule has 1 N–H and O–H groups in total. The molecule has 1 aromatic rings. The SMILES string of the molecule is C[C@@H](NS(C)(=O)=O)c1ccc(F)cc1. The van der Waals surface area contributed by atoms with Crippen molar-refractivity contribution >= 4 is 10.0 Å². The lowest BCUT2D eigenvalue weighted by Gasteiger charge is -2.11. The Morgan fingerprint density at radius 3 is 2.21 bits per heavy atom. The molecule has 5 heteroatoms. The van der Waals surface area contributed by atoms with Gasteiger partial charge in [0.1, 0.15) is 5.82 Å². The summed E-state index contributed by atoms with van der Waals surface area (Å²) in [6, 6.07) is 5.37. The van der Waals surface area contributed by atoms with Crippen molar-refractivity contribution in [1.82, 2.24) is 4.72 Å². The van der Waals surface area contributed by atoms with Crippen LogP contribution in [0, 0.1) is 5.82 Å². The fraction of sp³-hybridized carbons (Fsp3) is 0.333. The molecule has 0 saturated heterocycles. The van der Waals surface area contributed by atoms with Crippen LogP contribution < -0.4 is 4.72 Å². The van der Waals surface area contributed by atoms with Gasteiger partial charge in [-0.2, -0.15) is 0 Å². The third-order valence-corrected chi connectivity index (χ3v) is 2.54. The minimum absolute atomic E-state index is 0.333. The molecule has 0 saturated carbocycles. The van der Waals surface area contributed by atoms with Gasteiger partial charge in [0.25, 0.3) is 0 Å². The molecule has 0 aliphatic carbocycles. The molecule has 0 radical (unpaired) electrons. The molecule has 1 atom stereocenters. The number of rotatable bonds is 3. The first-order chi connectivity index (χ1) is 6.38. The molecule has 0 amide bonds. The normalized spacial score (nSPS) is 13.9. The molecule has 0 bridgehead atoms. The smallest absolute Gasteiger partial charge is 0.209 e. The van der Waals surface area contributed by atoms with Crippen molar-refractivity contribution in [1.29, 1.82) is 0 Å². The van der Waals surface area contributed by atoms with E-state index in [0.29, 0.717) is 0 Å². The molecule has 1 aromatic carbocycles. The Morgan fingerprint density at radius 2 is 1.79 bits per heavy atom. The Hall–Kier alpha value is -0.940. The van der Waals surface area contributed by atoms with E-state index in [0.717, 1.165) is 11.8 Å². The van der Waals surface area contributed by atoms with E-state index in [2.05, 4.69) is 4.72 Å². The second kappa shape index (κ2) is 4.06. The van der Waals surface area contributed by atoms with Crippen LogP contribution in [0.15, 0.2) is 24.3 Å². The molecule has 0 unspecified atom stereocenters. The monoisotopic (exact) mass is 217 g/mol. The van der Waals surface area contributed by atoms with E-state index in [1.807, 2.05) is 0 Å². The number of hydrogen-bond acceptors (Lipinski definition) is 2. The minimum Gasteiger partial charge on any atom is -0.213 e. The summed E-state index contributed by atoms with van der Waals surface area (Å²) >= 11 is 0. The fourth-order valence-corrected chi connectivity index (χ4v) is 1.92. The van der Waals surface area contributed by atoms with Gasteiger partial charge in [-0.15, -0.1) is 0 Å². The van der Waals surface area contributed by atoms with Gasteiger partial charge in [-0.05, 0) is 24.6 Å². The third kappa shape index (κ3) is 3.43. The Bertz CT molecular complexity index is 399. The Labute approximate surface area is 83.0 Å². The van der Waals surface area contributed by atoms with E-state index in [4.69, 9.17) is 0 Å². The van der Waals surface area contributed by atoms with Gasteiger partial charge < -0.3 is 0 Å². The predicted molar refractivity (Wildman–Crippen MR) is 52.8 cm³/mol. The predicted octanol–water partition coefficient (Wildman–Crippen LogP) is 1.44. The molecule has 0 spiro atoms. The average Bonchev–Trinajstić information content (AvgIpc) is 2.02. The fourth-order valence-electron chi connectivity index (χ4n) is 1.14. The lowest BCUT2D eigenvalue weighted by molar-refractivity contribution is 0.572. The molecule has 0 heterocycles. The van der Waals surface area contributed by atoms with E-state index in [1.54, 1.807) is 19.1 Å². The van der Waals surface area contributed by atoms with Crippen molar-refractivity contribution in [3.05, 3.63) is 35.6 Å². The van der Waals surface area contributed by atoms with E-state index >= 15 is 0 Å². The van der Waals surface area contributed by atoms with Gasteiger partial charge in [-0.25, -0.2) is 17.5 Å². The summed E-state index contributed by atoms with van der Waals surface area (Å²) in [5.41, 5.74) is 0.733. The van der Waals surface area contributed by atoms with E-state index in [1.165, 1.54) is 12.1 Å². The maximum absolute atomic E-state index is 12.5. The van der Waals surface area contributed by atoms with Crippen molar-refractivity contribution in [3.63, 3.8) is 0 Å². The van der Waals surface area contributed by atoms with Gasteiger partial charge in [0.05, 0.1) is 6.26 Å². The molecular formula is C9H12FNO2S. The van der Waals surface area contributed by atoms with E-state index in [-0.39, 0.29) is 11.9 Å². The maximum Gasteiger partial charge on any atom is 0.209 e. The van der Waals surface area contributed by atoms with Crippen LogP contribution in [0.2, 0.25) is 0 Å². The number of halogens is 1. The van der Waals surface area contributed by atoms with Gasteiger partial charge in [0, 0.05) is 6.04 Å². The average molecular weight is 217 g/mol. The van der Waals surface area contributed by atoms with Gasteiger partial charge in [0.15, 0.2) is 0 Å². The van der Waals surface area contributed by atoms with Crippen molar-refractivity contribution < 1.29 is 12.8 Å². The second-order valence-corrected chi connectivity index (χ2v) is 4.94. The summed E-state index contributed by atoms with van der Waals surface area (Å²) in [6.07, 6.45) is 1.09. The summed E-state index contributed by atoms with van der Waals surface area (Å²) in [6.45, 7) is 1.70. The van der Waals surface area contributed by atoms with E-state index in [9.17, 15) is 12.8 Å². The highest BCUT2D eigenvalue weighted by atomic mass is 32.2. The minimum atomic E-state index is -3.23. The van der Waals surface area contributed by atoms with Gasteiger partial charge in [0.2, 0.25) is 10.0 Å². The summed E-state index contributed by atoms with van der Waals surface area (Å²) in [5, 5.41) is 0. The molecular weight excluding hydrogens is 205 g/mol. The van der Waals surface area contributed by atoms with Crippen LogP contribution >= 0.6 is 0 Å². The van der Waals surface area contributed by atoms with Crippen LogP contribution in [0.1, 0.15) is 18.5 Å². The van der Waals surface area contributed by atoms with Crippen molar-refractivity contribution in [2.45, 2.75) is 13.0 Å². The highest BCUT2D eigenvalue weighted by molar-refractivity contribution is 7.88. The van der Waals surface area contributed by atoms with Crippen LogP contribution in [0.3, 0.4) is 0 Å². The van der Waals surface area contributed by atoms with Crippen LogP contribution in [-0.4, -0.2) is 14.7 Å². The first-order valence-electron chi connectivity index (χ1n) is 4.11. The summed E-state index contributed by atoms with van der Waals surface area (Å²) < 4.78 is 36.7. The first-order valence-corrected chi connectivity index (χ1v) is 6.00. The molecule has 14 heavy (non-hydrogen) atoms. The second-order valence-electron chi connectivity index (χ2n) is 3.16. The highest BCUT2D eigenvalue weighted by Gasteiger charge is 2.10. The van der Waals surface area contributed by atoms with Crippen LogP contribution in [0.5, 0.6) is 0 Å². The topological polar surface area (TPSA) is 46.2 Å².